The predicted octanol–water partition coefficient (Wildman–Crippen LogP) is 7.18. The van der Waals surface area contributed by atoms with Crippen molar-refractivity contribution < 1.29 is 19.2 Å². The standard InChI is InChI=1S/C33H25Cl2N3O4S/c34-27-15-7-16-28(35)26(27)20-29(37-30(39)21-9-2-1-3-10-21)31(40)36-22-11-6-12-23(19-22)43-18-8-17-38-32(41)24-13-4-5-14-25(24)33(38)42/h1-7,9-16,19-20H,8,17-18H2,(H,36,40)(H,37,39)/b29-20+. The summed E-state index contributed by atoms with van der Waals surface area (Å²) >= 11 is 14.2. The van der Waals surface area contributed by atoms with E-state index in [4.69, 9.17) is 23.2 Å². The second-order valence-corrected chi connectivity index (χ2v) is 11.5. The highest BCUT2D eigenvalue weighted by atomic mass is 35.5. The molecule has 0 fully saturated rings. The van der Waals surface area contributed by atoms with Crippen molar-refractivity contribution in [2.45, 2.75) is 11.3 Å². The van der Waals surface area contributed by atoms with Crippen molar-refractivity contribution in [2.24, 2.45) is 0 Å². The summed E-state index contributed by atoms with van der Waals surface area (Å²) < 4.78 is 0. The molecule has 0 saturated carbocycles. The van der Waals surface area contributed by atoms with Crippen molar-refractivity contribution in [3.8, 4) is 0 Å². The van der Waals surface area contributed by atoms with Crippen LogP contribution in [0.5, 0.6) is 0 Å². The van der Waals surface area contributed by atoms with E-state index >= 15 is 0 Å². The maximum Gasteiger partial charge on any atom is 0.272 e. The van der Waals surface area contributed by atoms with Gasteiger partial charge < -0.3 is 10.6 Å². The molecular formula is C33H25Cl2N3O4S. The molecule has 1 aliphatic rings. The van der Waals surface area contributed by atoms with E-state index in [2.05, 4.69) is 10.6 Å². The van der Waals surface area contributed by atoms with Gasteiger partial charge in [-0.15, -0.1) is 11.8 Å². The summed E-state index contributed by atoms with van der Waals surface area (Å²) in [4.78, 5) is 53.7. The molecule has 0 saturated heterocycles. The third kappa shape index (κ3) is 7.17. The van der Waals surface area contributed by atoms with Gasteiger partial charge in [0, 0.05) is 38.3 Å². The van der Waals surface area contributed by atoms with Crippen LogP contribution >= 0.6 is 35.0 Å². The summed E-state index contributed by atoms with van der Waals surface area (Å²) in [5, 5.41) is 6.17. The molecule has 2 N–H and O–H groups in total. The van der Waals surface area contributed by atoms with Gasteiger partial charge in [0.05, 0.1) is 11.1 Å². The Hall–Kier alpha value is -4.37. The van der Waals surface area contributed by atoms with Crippen LogP contribution in [0.15, 0.2) is 108 Å². The molecule has 10 heteroatoms. The summed E-state index contributed by atoms with van der Waals surface area (Å²) in [5.74, 6) is -0.914. The number of carbonyl (C=O) groups excluding carboxylic acids is 4. The Labute approximate surface area is 262 Å². The third-order valence-electron chi connectivity index (χ3n) is 6.58. The molecule has 5 rings (SSSR count). The first kappa shape index (κ1) is 30.1. The van der Waals surface area contributed by atoms with Crippen LogP contribution in [0.4, 0.5) is 5.69 Å². The molecule has 216 valence electrons. The molecular weight excluding hydrogens is 605 g/mol. The van der Waals surface area contributed by atoms with E-state index in [1.807, 2.05) is 12.1 Å². The molecule has 4 aromatic carbocycles. The number of fused-ring (bicyclic) bond motifs is 1. The van der Waals surface area contributed by atoms with Crippen molar-refractivity contribution in [1.82, 2.24) is 10.2 Å². The molecule has 0 spiro atoms. The number of rotatable bonds is 10. The normalized spacial score (nSPS) is 12.7. The lowest BCUT2D eigenvalue weighted by Gasteiger charge is -2.14. The lowest BCUT2D eigenvalue weighted by Crippen LogP contribution is -2.31. The fourth-order valence-corrected chi connectivity index (χ4v) is 5.85. The van der Waals surface area contributed by atoms with E-state index < -0.39 is 11.8 Å². The third-order valence-corrected chi connectivity index (χ3v) is 8.32. The van der Waals surface area contributed by atoms with Crippen LogP contribution in [0.3, 0.4) is 0 Å². The average Bonchev–Trinajstić information content (AvgIpc) is 3.26. The van der Waals surface area contributed by atoms with Crippen LogP contribution in [0.25, 0.3) is 6.08 Å². The van der Waals surface area contributed by atoms with Crippen molar-refractivity contribution in [2.75, 3.05) is 17.6 Å². The van der Waals surface area contributed by atoms with Gasteiger partial charge in [-0.1, -0.05) is 65.7 Å². The lowest BCUT2D eigenvalue weighted by atomic mass is 10.1. The molecule has 0 radical (unpaired) electrons. The van der Waals surface area contributed by atoms with Crippen molar-refractivity contribution >= 4 is 70.4 Å². The zero-order chi connectivity index (χ0) is 30.3. The summed E-state index contributed by atoms with van der Waals surface area (Å²) in [6, 6.07) is 27.6. The number of hydrogen-bond donors (Lipinski definition) is 2. The average molecular weight is 631 g/mol. The number of nitrogens with zero attached hydrogens (tertiary/aromatic N) is 1. The fourth-order valence-electron chi connectivity index (χ4n) is 4.45. The number of nitrogens with one attached hydrogen (secondary N) is 2. The van der Waals surface area contributed by atoms with E-state index in [-0.39, 0.29) is 17.5 Å². The second kappa shape index (κ2) is 13.7. The zero-order valence-corrected chi connectivity index (χ0v) is 25.0. The van der Waals surface area contributed by atoms with E-state index in [1.54, 1.807) is 84.9 Å². The SMILES string of the molecule is O=C(Nc1cccc(SCCCN2C(=O)c3ccccc3C2=O)c1)/C(=C\c1c(Cl)cccc1Cl)NC(=O)c1ccccc1. The number of halogens is 2. The Bertz CT molecular complexity index is 1690. The van der Waals surface area contributed by atoms with Gasteiger partial charge in [-0.05, 0) is 72.8 Å². The number of imide groups is 1. The smallest absolute Gasteiger partial charge is 0.272 e. The monoisotopic (exact) mass is 629 g/mol. The van der Waals surface area contributed by atoms with Crippen LogP contribution in [0.1, 0.15) is 43.1 Å². The maximum absolute atomic E-state index is 13.4. The highest BCUT2D eigenvalue weighted by Gasteiger charge is 2.34. The summed E-state index contributed by atoms with van der Waals surface area (Å²) in [6.45, 7) is 0.315. The van der Waals surface area contributed by atoms with Gasteiger partial charge in [-0.2, -0.15) is 0 Å². The Morgan fingerprint density at radius 1 is 0.791 bits per heavy atom. The Kier molecular flexibility index (Phi) is 9.61. The second-order valence-electron chi connectivity index (χ2n) is 9.50. The summed E-state index contributed by atoms with van der Waals surface area (Å²) in [6.07, 6.45) is 2.04. The predicted molar refractivity (Wildman–Crippen MR) is 171 cm³/mol. The van der Waals surface area contributed by atoms with Gasteiger partial charge in [-0.3, -0.25) is 24.1 Å². The molecule has 0 aliphatic carbocycles. The summed E-state index contributed by atoms with van der Waals surface area (Å²) in [7, 11) is 0. The highest BCUT2D eigenvalue weighted by Crippen LogP contribution is 2.28. The first-order valence-corrected chi connectivity index (χ1v) is 15.1. The first-order chi connectivity index (χ1) is 20.8. The maximum atomic E-state index is 13.4. The van der Waals surface area contributed by atoms with E-state index in [0.717, 1.165) is 4.90 Å². The quantitative estimate of drug-likeness (QED) is 0.0838. The minimum atomic E-state index is -0.562. The lowest BCUT2D eigenvalue weighted by molar-refractivity contribution is -0.113. The number of anilines is 1. The minimum absolute atomic E-state index is 0.0390. The molecule has 0 bridgehead atoms. The fraction of sp³-hybridized carbons (Fsp3) is 0.0909. The van der Waals surface area contributed by atoms with Gasteiger partial charge in [0.15, 0.2) is 0 Å². The number of hydrogen-bond acceptors (Lipinski definition) is 5. The van der Waals surface area contributed by atoms with Gasteiger partial charge >= 0.3 is 0 Å². The van der Waals surface area contributed by atoms with Gasteiger partial charge in [0.25, 0.3) is 23.6 Å². The van der Waals surface area contributed by atoms with Crippen LogP contribution in [-0.4, -0.2) is 40.8 Å². The van der Waals surface area contributed by atoms with Crippen LogP contribution in [-0.2, 0) is 4.79 Å². The molecule has 4 aromatic rings. The molecule has 7 nitrogen and oxygen atoms in total. The molecule has 0 aromatic heterocycles. The van der Waals surface area contributed by atoms with Crippen molar-refractivity contribution in [1.29, 1.82) is 0 Å². The first-order valence-electron chi connectivity index (χ1n) is 13.3. The van der Waals surface area contributed by atoms with Crippen LogP contribution in [0, 0.1) is 0 Å². The van der Waals surface area contributed by atoms with Gasteiger partial charge in [0.1, 0.15) is 5.70 Å². The minimum Gasteiger partial charge on any atom is -0.321 e. The summed E-state index contributed by atoms with van der Waals surface area (Å²) in [5.41, 5.74) is 2.13. The van der Waals surface area contributed by atoms with Crippen molar-refractivity contribution in [3.63, 3.8) is 0 Å². The molecule has 43 heavy (non-hydrogen) atoms. The number of carbonyl (C=O) groups is 4. The number of thioether (sulfide) groups is 1. The highest BCUT2D eigenvalue weighted by molar-refractivity contribution is 7.99. The van der Waals surface area contributed by atoms with Crippen LogP contribution < -0.4 is 10.6 Å². The molecule has 1 heterocycles. The molecule has 1 aliphatic heterocycles. The van der Waals surface area contributed by atoms with E-state index in [9.17, 15) is 19.2 Å². The van der Waals surface area contributed by atoms with Crippen LogP contribution in [0.2, 0.25) is 10.0 Å². The van der Waals surface area contributed by atoms with E-state index in [1.165, 1.54) is 22.7 Å². The van der Waals surface area contributed by atoms with Crippen molar-refractivity contribution in [3.05, 3.63) is 135 Å². The zero-order valence-electron chi connectivity index (χ0n) is 22.7. The Morgan fingerprint density at radius 2 is 1.42 bits per heavy atom. The van der Waals surface area contributed by atoms with Gasteiger partial charge in [0.2, 0.25) is 0 Å². The molecule has 4 amide bonds. The Balaban J connectivity index is 1.24. The number of benzene rings is 4. The van der Waals surface area contributed by atoms with E-state index in [0.29, 0.717) is 56.7 Å². The Morgan fingerprint density at radius 3 is 2.09 bits per heavy atom. The molecule has 0 atom stereocenters. The topological polar surface area (TPSA) is 95.6 Å². The largest absolute Gasteiger partial charge is 0.321 e. The van der Waals surface area contributed by atoms with Gasteiger partial charge in [-0.25, -0.2) is 0 Å². The number of amides is 4. The molecule has 0 unspecified atom stereocenters.